The number of likely N-dealkylation sites (tertiary alicyclic amines) is 1. The standard InChI is InChI=1S/C21H23N3O4S/c25-19(14-29-13-15-5-4-9-22-12-15)23-17-7-3-6-16(11-17)20(26)24-10-2-1-8-18(24)21(27)28/h3-7,9,11-12,18H,1-2,8,10,13-14H2,(H,23,25)(H,27,28). The molecule has 2 aromatic rings. The Bertz CT molecular complexity index is 875. The Kier molecular flexibility index (Phi) is 7.24. The molecule has 8 heteroatoms. The first-order valence-corrected chi connectivity index (χ1v) is 10.6. The van der Waals surface area contributed by atoms with Crippen molar-refractivity contribution >= 4 is 35.2 Å². The van der Waals surface area contributed by atoms with Gasteiger partial charge in [-0.15, -0.1) is 11.8 Å². The van der Waals surface area contributed by atoms with Gasteiger partial charge < -0.3 is 15.3 Å². The molecule has 29 heavy (non-hydrogen) atoms. The number of aromatic nitrogens is 1. The Hall–Kier alpha value is -2.87. The second-order valence-electron chi connectivity index (χ2n) is 6.83. The minimum absolute atomic E-state index is 0.162. The third-order valence-corrected chi connectivity index (χ3v) is 5.67. The first-order chi connectivity index (χ1) is 14.0. The van der Waals surface area contributed by atoms with Gasteiger partial charge in [-0.2, -0.15) is 0 Å². The molecule has 2 N–H and O–H groups in total. The van der Waals surface area contributed by atoms with Gasteiger partial charge in [-0.3, -0.25) is 14.6 Å². The Labute approximate surface area is 173 Å². The van der Waals surface area contributed by atoms with Gasteiger partial charge in [-0.05, 0) is 49.1 Å². The lowest BCUT2D eigenvalue weighted by Gasteiger charge is -2.33. The number of thioether (sulfide) groups is 1. The number of carboxylic acids is 1. The number of carbonyl (C=O) groups is 3. The maximum Gasteiger partial charge on any atom is 0.326 e. The molecule has 1 fully saturated rings. The van der Waals surface area contributed by atoms with Crippen LogP contribution in [-0.2, 0) is 15.3 Å². The molecule has 1 atom stereocenters. The van der Waals surface area contributed by atoms with Gasteiger partial charge in [-0.25, -0.2) is 4.79 Å². The highest BCUT2D eigenvalue weighted by molar-refractivity contribution is 7.99. The first-order valence-electron chi connectivity index (χ1n) is 9.45. The molecule has 1 aromatic heterocycles. The van der Waals surface area contributed by atoms with Crippen molar-refractivity contribution in [1.82, 2.24) is 9.88 Å². The molecule has 0 saturated carbocycles. The van der Waals surface area contributed by atoms with Crippen molar-refractivity contribution in [2.24, 2.45) is 0 Å². The molecule has 1 saturated heterocycles. The number of carboxylic acid groups (broad SMARTS) is 1. The van der Waals surface area contributed by atoms with Crippen molar-refractivity contribution < 1.29 is 19.5 Å². The number of nitrogens with zero attached hydrogens (tertiary/aromatic N) is 2. The molecule has 0 spiro atoms. The monoisotopic (exact) mass is 413 g/mol. The molecular weight excluding hydrogens is 390 g/mol. The fraction of sp³-hybridized carbons (Fsp3) is 0.333. The van der Waals surface area contributed by atoms with Crippen LogP contribution < -0.4 is 5.32 Å². The number of pyridine rings is 1. The SMILES string of the molecule is O=C(CSCc1cccnc1)Nc1cccc(C(=O)N2CCCCC2C(=O)O)c1. The summed E-state index contributed by atoms with van der Waals surface area (Å²) in [6.07, 6.45) is 5.53. The fourth-order valence-electron chi connectivity index (χ4n) is 3.27. The Morgan fingerprint density at radius 1 is 1.21 bits per heavy atom. The lowest BCUT2D eigenvalue weighted by Crippen LogP contribution is -2.48. The van der Waals surface area contributed by atoms with Crippen molar-refractivity contribution in [1.29, 1.82) is 0 Å². The molecule has 1 aromatic carbocycles. The van der Waals surface area contributed by atoms with Gasteiger partial charge in [0.2, 0.25) is 5.91 Å². The quantitative estimate of drug-likeness (QED) is 0.724. The predicted octanol–water partition coefficient (Wildman–Crippen LogP) is 3.03. The van der Waals surface area contributed by atoms with Crippen LogP contribution in [0.3, 0.4) is 0 Å². The molecule has 2 amide bonds. The minimum atomic E-state index is -0.979. The molecule has 0 aliphatic carbocycles. The Morgan fingerprint density at radius 3 is 2.83 bits per heavy atom. The molecule has 7 nitrogen and oxygen atoms in total. The third-order valence-electron chi connectivity index (χ3n) is 4.67. The van der Waals surface area contributed by atoms with E-state index in [2.05, 4.69) is 10.3 Å². The zero-order valence-corrected chi connectivity index (χ0v) is 16.7. The van der Waals surface area contributed by atoms with Crippen LogP contribution >= 0.6 is 11.8 Å². The largest absolute Gasteiger partial charge is 0.480 e. The van der Waals surface area contributed by atoms with Gasteiger partial charge in [-0.1, -0.05) is 12.1 Å². The Morgan fingerprint density at radius 2 is 2.07 bits per heavy atom. The van der Waals surface area contributed by atoms with E-state index in [1.165, 1.54) is 16.7 Å². The lowest BCUT2D eigenvalue weighted by molar-refractivity contribution is -0.143. The maximum atomic E-state index is 12.8. The molecule has 1 aliphatic heterocycles. The average Bonchev–Trinajstić information content (AvgIpc) is 2.74. The van der Waals surface area contributed by atoms with Crippen LogP contribution in [-0.4, -0.2) is 51.1 Å². The number of hydrogen-bond donors (Lipinski definition) is 2. The summed E-state index contributed by atoms with van der Waals surface area (Å²) in [5.74, 6) is -0.497. The van der Waals surface area contributed by atoms with Crippen molar-refractivity contribution in [3.63, 3.8) is 0 Å². The van der Waals surface area contributed by atoms with E-state index in [0.717, 1.165) is 18.4 Å². The topological polar surface area (TPSA) is 99.6 Å². The summed E-state index contributed by atoms with van der Waals surface area (Å²) in [5, 5.41) is 12.2. The number of amides is 2. The number of hydrogen-bond acceptors (Lipinski definition) is 5. The van der Waals surface area contributed by atoms with Gasteiger partial charge in [0.25, 0.3) is 5.91 Å². The second-order valence-corrected chi connectivity index (χ2v) is 7.82. The van der Waals surface area contributed by atoms with Crippen molar-refractivity contribution in [3.05, 3.63) is 59.9 Å². The molecule has 1 aliphatic rings. The zero-order valence-electron chi connectivity index (χ0n) is 15.9. The van der Waals surface area contributed by atoms with Gasteiger partial charge in [0.1, 0.15) is 6.04 Å². The molecule has 3 rings (SSSR count). The number of anilines is 1. The summed E-state index contributed by atoms with van der Waals surface area (Å²) in [7, 11) is 0. The van der Waals surface area contributed by atoms with E-state index >= 15 is 0 Å². The minimum Gasteiger partial charge on any atom is -0.480 e. The smallest absolute Gasteiger partial charge is 0.326 e. The van der Waals surface area contributed by atoms with Gasteiger partial charge >= 0.3 is 5.97 Å². The van der Waals surface area contributed by atoms with Crippen LogP contribution in [0, 0.1) is 0 Å². The number of nitrogens with one attached hydrogen (secondary N) is 1. The van der Waals surface area contributed by atoms with Crippen LogP contribution in [0.4, 0.5) is 5.69 Å². The van der Waals surface area contributed by atoms with Crippen molar-refractivity contribution in [3.8, 4) is 0 Å². The number of benzene rings is 1. The zero-order chi connectivity index (χ0) is 20.6. The maximum absolute atomic E-state index is 12.8. The van der Waals surface area contributed by atoms with Crippen LogP contribution in [0.15, 0.2) is 48.8 Å². The summed E-state index contributed by atoms with van der Waals surface area (Å²) in [4.78, 5) is 41.9. The summed E-state index contributed by atoms with van der Waals surface area (Å²) in [5.41, 5.74) is 1.94. The van der Waals surface area contributed by atoms with E-state index in [-0.39, 0.29) is 17.6 Å². The highest BCUT2D eigenvalue weighted by atomic mass is 32.2. The average molecular weight is 413 g/mol. The molecule has 0 bridgehead atoms. The van der Waals surface area contributed by atoms with Gasteiger partial charge in [0, 0.05) is 35.9 Å². The predicted molar refractivity (Wildman–Crippen MR) is 112 cm³/mol. The van der Waals surface area contributed by atoms with Crippen molar-refractivity contribution in [2.75, 3.05) is 17.6 Å². The summed E-state index contributed by atoms with van der Waals surface area (Å²) >= 11 is 1.48. The van der Waals surface area contributed by atoms with E-state index in [1.807, 2.05) is 12.1 Å². The highest BCUT2D eigenvalue weighted by Crippen LogP contribution is 2.21. The van der Waals surface area contributed by atoms with Crippen LogP contribution in [0.1, 0.15) is 35.2 Å². The van der Waals surface area contributed by atoms with Crippen molar-refractivity contribution in [2.45, 2.75) is 31.1 Å². The number of carbonyl (C=O) groups excluding carboxylic acids is 2. The van der Waals surface area contributed by atoms with E-state index in [1.54, 1.807) is 36.7 Å². The number of aliphatic carboxylic acids is 1. The summed E-state index contributed by atoms with van der Waals surface area (Å²) in [6, 6.07) is 9.66. The number of piperidine rings is 1. The second kappa shape index (κ2) is 10.1. The molecular formula is C21H23N3O4S. The fourth-order valence-corrected chi connectivity index (χ4v) is 4.04. The van der Waals surface area contributed by atoms with E-state index in [0.29, 0.717) is 30.0 Å². The van der Waals surface area contributed by atoms with Gasteiger partial charge in [0.05, 0.1) is 5.75 Å². The number of rotatable bonds is 7. The molecule has 152 valence electrons. The molecule has 1 unspecified atom stereocenters. The normalized spacial score (nSPS) is 16.3. The third kappa shape index (κ3) is 5.80. The van der Waals surface area contributed by atoms with E-state index < -0.39 is 12.0 Å². The van der Waals surface area contributed by atoms with E-state index in [9.17, 15) is 19.5 Å². The first kappa shape index (κ1) is 20.9. The molecule has 2 heterocycles. The van der Waals surface area contributed by atoms with E-state index in [4.69, 9.17) is 0 Å². The van der Waals surface area contributed by atoms with Crippen LogP contribution in [0.2, 0.25) is 0 Å². The lowest BCUT2D eigenvalue weighted by atomic mass is 10.0. The van der Waals surface area contributed by atoms with Crippen LogP contribution in [0.5, 0.6) is 0 Å². The Balaban J connectivity index is 1.57. The summed E-state index contributed by atoms with van der Waals surface area (Å²) in [6.45, 7) is 0.428. The highest BCUT2D eigenvalue weighted by Gasteiger charge is 2.32. The summed E-state index contributed by atoms with van der Waals surface area (Å²) < 4.78 is 0. The van der Waals surface area contributed by atoms with Crippen LogP contribution in [0.25, 0.3) is 0 Å². The molecule has 0 radical (unpaired) electrons. The van der Waals surface area contributed by atoms with Gasteiger partial charge in [0.15, 0.2) is 0 Å².